The van der Waals surface area contributed by atoms with Gasteiger partial charge in [-0.25, -0.2) is 0 Å². The third-order valence-corrected chi connectivity index (χ3v) is 4.01. The van der Waals surface area contributed by atoms with Crippen LogP contribution in [0.1, 0.15) is 62.2 Å². The second-order valence-electron chi connectivity index (χ2n) is 6.14. The predicted molar refractivity (Wildman–Crippen MR) is 77.3 cm³/mol. The van der Waals surface area contributed by atoms with Gasteiger partial charge >= 0.3 is 6.18 Å². The van der Waals surface area contributed by atoms with E-state index in [1.165, 1.54) is 0 Å². The van der Waals surface area contributed by atoms with Crippen molar-refractivity contribution in [3.63, 3.8) is 0 Å². The molecule has 132 valence electrons. The Labute approximate surface area is 137 Å². The van der Waals surface area contributed by atoms with Crippen molar-refractivity contribution in [3.8, 4) is 0 Å². The number of hydrogen-bond donors (Lipinski definition) is 0. The normalized spacial score (nSPS) is 21.8. The third kappa shape index (κ3) is 3.61. The van der Waals surface area contributed by atoms with Crippen LogP contribution in [0.2, 0.25) is 0 Å². The third-order valence-electron chi connectivity index (χ3n) is 4.01. The van der Waals surface area contributed by atoms with E-state index in [0.29, 0.717) is 18.9 Å². The molecular formula is C15H19F3N4O2. The first-order chi connectivity index (χ1) is 11.3. The Bertz CT molecular complexity index is 680. The molecule has 3 heterocycles. The Morgan fingerprint density at radius 1 is 1.38 bits per heavy atom. The summed E-state index contributed by atoms with van der Waals surface area (Å²) in [6.45, 7) is 4.56. The van der Waals surface area contributed by atoms with E-state index in [9.17, 15) is 13.2 Å². The topological polar surface area (TPSA) is 66.0 Å². The number of aromatic nitrogens is 4. The van der Waals surface area contributed by atoms with E-state index in [1.807, 2.05) is 24.6 Å². The molecule has 0 saturated carbocycles. The molecule has 1 saturated heterocycles. The van der Waals surface area contributed by atoms with Crippen molar-refractivity contribution >= 4 is 0 Å². The number of halogens is 3. The van der Waals surface area contributed by atoms with E-state index in [4.69, 9.17) is 9.26 Å². The van der Waals surface area contributed by atoms with E-state index in [2.05, 4.69) is 15.2 Å². The Hall–Kier alpha value is -1.90. The molecule has 2 aromatic heterocycles. The summed E-state index contributed by atoms with van der Waals surface area (Å²) in [5.41, 5.74) is 0.905. The lowest BCUT2D eigenvalue weighted by Crippen LogP contribution is -2.15. The minimum absolute atomic E-state index is 0.0744. The van der Waals surface area contributed by atoms with Gasteiger partial charge in [0.05, 0.1) is 18.0 Å². The highest BCUT2D eigenvalue weighted by atomic mass is 19.4. The molecule has 0 N–H and O–H groups in total. The highest BCUT2D eigenvalue weighted by molar-refractivity contribution is 5.14. The first kappa shape index (κ1) is 16.9. The molecule has 1 aliphatic heterocycles. The van der Waals surface area contributed by atoms with Gasteiger partial charge in [-0.3, -0.25) is 4.68 Å². The maximum Gasteiger partial charge on any atom is 0.389 e. The zero-order valence-electron chi connectivity index (χ0n) is 13.5. The van der Waals surface area contributed by atoms with Crippen molar-refractivity contribution in [1.29, 1.82) is 0 Å². The minimum atomic E-state index is -4.23. The molecule has 9 heteroatoms. The van der Waals surface area contributed by atoms with Gasteiger partial charge in [-0.2, -0.15) is 23.3 Å². The fourth-order valence-corrected chi connectivity index (χ4v) is 2.89. The van der Waals surface area contributed by atoms with Crippen molar-refractivity contribution in [2.24, 2.45) is 0 Å². The zero-order chi connectivity index (χ0) is 17.3. The van der Waals surface area contributed by atoms with Gasteiger partial charge < -0.3 is 9.26 Å². The molecule has 0 aromatic carbocycles. The van der Waals surface area contributed by atoms with E-state index >= 15 is 0 Å². The molecule has 0 bridgehead atoms. The SMILES string of the molecule is CC(C)n1nccc1[C@@H]1OCC[C@H]1c1nc(CCC(F)(F)F)no1. The molecule has 2 atom stereocenters. The molecule has 24 heavy (non-hydrogen) atoms. The number of aryl methyl sites for hydroxylation is 1. The van der Waals surface area contributed by atoms with Gasteiger partial charge in [-0.1, -0.05) is 5.16 Å². The van der Waals surface area contributed by atoms with Crippen LogP contribution in [0, 0.1) is 0 Å². The van der Waals surface area contributed by atoms with Crippen LogP contribution in [0.3, 0.4) is 0 Å². The molecule has 1 aliphatic rings. The molecule has 6 nitrogen and oxygen atoms in total. The van der Waals surface area contributed by atoms with Gasteiger partial charge in [0.15, 0.2) is 5.82 Å². The number of alkyl halides is 3. The average Bonchev–Trinajstić information content (AvgIpc) is 3.22. The Morgan fingerprint density at radius 3 is 2.88 bits per heavy atom. The van der Waals surface area contributed by atoms with Crippen molar-refractivity contribution in [1.82, 2.24) is 19.9 Å². The zero-order valence-corrected chi connectivity index (χ0v) is 13.5. The standard InChI is InChI=1S/C15H19F3N4O2/c1-9(2)22-11(4-7-19-22)13-10(5-8-23-13)14-20-12(21-24-14)3-6-15(16,17)18/h4,7,9-10,13H,3,5-6,8H2,1-2H3/t10-,13-/m1/s1. The molecule has 3 rings (SSSR count). The number of ether oxygens (including phenoxy) is 1. The minimum Gasteiger partial charge on any atom is -0.371 e. The Kier molecular flexibility index (Phi) is 4.62. The van der Waals surface area contributed by atoms with Crippen LogP contribution in [0.5, 0.6) is 0 Å². The number of hydrogen-bond acceptors (Lipinski definition) is 5. The van der Waals surface area contributed by atoms with Gasteiger partial charge in [-0.15, -0.1) is 0 Å². The Balaban J connectivity index is 1.76. The van der Waals surface area contributed by atoms with Gasteiger partial charge in [0.2, 0.25) is 5.89 Å². The van der Waals surface area contributed by atoms with Crippen molar-refractivity contribution in [2.45, 2.75) is 57.3 Å². The smallest absolute Gasteiger partial charge is 0.371 e. The van der Waals surface area contributed by atoms with Crippen molar-refractivity contribution in [2.75, 3.05) is 6.61 Å². The highest BCUT2D eigenvalue weighted by Gasteiger charge is 2.37. The van der Waals surface area contributed by atoms with Gasteiger partial charge in [-0.05, 0) is 26.3 Å². The monoisotopic (exact) mass is 344 g/mol. The lowest BCUT2D eigenvalue weighted by Gasteiger charge is -2.19. The fourth-order valence-electron chi connectivity index (χ4n) is 2.89. The van der Waals surface area contributed by atoms with E-state index in [1.54, 1.807) is 6.20 Å². The second kappa shape index (κ2) is 6.54. The molecule has 0 radical (unpaired) electrons. The van der Waals surface area contributed by atoms with Crippen LogP contribution in [-0.2, 0) is 11.2 Å². The Morgan fingerprint density at radius 2 is 2.17 bits per heavy atom. The summed E-state index contributed by atoms with van der Waals surface area (Å²) in [6.07, 6.45) is -3.38. The predicted octanol–water partition coefficient (Wildman–Crippen LogP) is 3.59. The van der Waals surface area contributed by atoms with Crippen molar-refractivity contribution < 1.29 is 22.4 Å². The van der Waals surface area contributed by atoms with Crippen molar-refractivity contribution in [3.05, 3.63) is 29.7 Å². The van der Waals surface area contributed by atoms with Gasteiger partial charge in [0.1, 0.15) is 6.10 Å². The summed E-state index contributed by atoms with van der Waals surface area (Å²) in [4.78, 5) is 4.14. The largest absolute Gasteiger partial charge is 0.389 e. The maximum absolute atomic E-state index is 12.3. The summed E-state index contributed by atoms with van der Waals surface area (Å²) < 4.78 is 49.8. The highest BCUT2D eigenvalue weighted by Crippen LogP contribution is 2.41. The maximum atomic E-state index is 12.3. The first-order valence-corrected chi connectivity index (χ1v) is 7.89. The number of rotatable bonds is 5. The second-order valence-corrected chi connectivity index (χ2v) is 6.14. The molecule has 0 aliphatic carbocycles. The molecule has 0 unspecified atom stereocenters. The van der Waals surface area contributed by atoms with E-state index < -0.39 is 12.6 Å². The molecule has 2 aromatic rings. The summed E-state index contributed by atoms with van der Waals surface area (Å²) in [5, 5.41) is 7.97. The lowest BCUT2D eigenvalue weighted by molar-refractivity contribution is -0.134. The summed E-state index contributed by atoms with van der Waals surface area (Å²) in [6, 6.07) is 2.05. The van der Waals surface area contributed by atoms with E-state index in [-0.39, 0.29) is 30.3 Å². The van der Waals surface area contributed by atoms with Crippen LogP contribution >= 0.6 is 0 Å². The van der Waals surface area contributed by atoms with Crippen LogP contribution in [0.15, 0.2) is 16.8 Å². The first-order valence-electron chi connectivity index (χ1n) is 7.89. The molecule has 0 spiro atoms. The van der Waals surface area contributed by atoms with Gasteiger partial charge in [0, 0.05) is 25.3 Å². The quantitative estimate of drug-likeness (QED) is 0.829. The van der Waals surface area contributed by atoms with E-state index in [0.717, 1.165) is 5.69 Å². The molecule has 0 amide bonds. The molecule has 1 fully saturated rings. The summed E-state index contributed by atoms with van der Waals surface area (Å²) in [5.74, 6) is 0.225. The van der Waals surface area contributed by atoms with Gasteiger partial charge in [0.25, 0.3) is 0 Å². The fraction of sp³-hybridized carbons (Fsp3) is 0.667. The number of nitrogens with zero attached hydrogens (tertiary/aromatic N) is 4. The summed E-state index contributed by atoms with van der Waals surface area (Å²) in [7, 11) is 0. The van der Waals surface area contributed by atoms with Crippen LogP contribution in [0.25, 0.3) is 0 Å². The lowest BCUT2D eigenvalue weighted by atomic mass is 9.98. The molecular weight excluding hydrogens is 325 g/mol. The van der Waals surface area contributed by atoms with Crippen LogP contribution < -0.4 is 0 Å². The summed E-state index contributed by atoms with van der Waals surface area (Å²) >= 11 is 0. The van der Waals surface area contributed by atoms with Crippen LogP contribution in [0.4, 0.5) is 13.2 Å². The average molecular weight is 344 g/mol. The van der Waals surface area contributed by atoms with Crippen LogP contribution in [-0.4, -0.2) is 32.7 Å².